The molecule has 0 aliphatic rings. The molecule has 0 N–H and O–H groups in total. The number of anilines is 6. The minimum Gasteiger partial charge on any atom is -0.294 e. The molecule has 2 heterocycles. The first-order valence-electron chi connectivity index (χ1n) is 25.0. The zero-order valence-corrected chi connectivity index (χ0v) is 42.4. The van der Waals surface area contributed by atoms with Crippen LogP contribution in [0.15, 0.2) is 207 Å². The van der Waals surface area contributed by atoms with Crippen LogP contribution in [-0.2, 0) is 0 Å². The van der Waals surface area contributed by atoms with Gasteiger partial charge in [0.15, 0.2) is 0 Å². The summed E-state index contributed by atoms with van der Waals surface area (Å²) in [6.07, 6.45) is 3.79. The number of fused-ring (bicyclic) bond motifs is 2. The van der Waals surface area contributed by atoms with E-state index in [1.54, 1.807) is 0 Å². The Balaban J connectivity index is 1.26. The van der Waals surface area contributed by atoms with Crippen molar-refractivity contribution < 1.29 is 0 Å². The van der Waals surface area contributed by atoms with E-state index < -0.39 is 0 Å². The number of benzene rings is 9. The molecule has 72 heavy (non-hydrogen) atoms. The summed E-state index contributed by atoms with van der Waals surface area (Å²) in [5.41, 5.74) is 23.7. The van der Waals surface area contributed by atoms with Crippen LogP contribution in [0.5, 0.6) is 0 Å². The Morgan fingerprint density at radius 2 is 0.597 bits per heavy atom. The summed E-state index contributed by atoms with van der Waals surface area (Å²) >= 11 is 0. The van der Waals surface area contributed by atoms with Crippen molar-refractivity contribution in [1.29, 1.82) is 0 Å². The lowest BCUT2D eigenvalue weighted by molar-refractivity contribution is 1.13. The number of nitrogens with zero attached hydrogens (tertiary/aromatic N) is 4. The topological polar surface area (TPSA) is 32.3 Å². The zero-order chi connectivity index (χ0) is 49.6. The third kappa shape index (κ3) is 8.19. The van der Waals surface area contributed by atoms with Gasteiger partial charge in [-0.1, -0.05) is 146 Å². The van der Waals surface area contributed by atoms with Gasteiger partial charge in [-0.3, -0.25) is 9.80 Å². The minimum absolute atomic E-state index is 0.871. The highest BCUT2D eigenvalue weighted by Crippen LogP contribution is 2.50. The molecule has 0 amide bonds. The zero-order valence-electron chi connectivity index (χ0n) is 42.4. The predicted octanol–water partition coefficient (Wildman–Crippen LogP) is 18.9. The van der Waals surface area contributed by atoms with E-state index in [-0.39, 0.29) is 0 Å². The first-order valence-corrected chi connectivity index (χ1v) is 25.0. The first kappa shape index (κ1) is 45.8. The lowest BCUT2D eigenvalue weighted by atomic mass is 9.84. The number of pyridine rings is 2. The highest BCUT2D eigenvalue weighted by molar-refractivity contribution is 6.23. The second-order valence-corrected chi connectivity index (χ2v) is 19.4. The molecule has 4 nitrogen and oxygen atoms in total. The highest BCUT2D eigenvalue weighted by Gasteiger charge is 2.26. The second kappa shape index (κ2) is 19.0. The molecule has 9 aromatic carbocycles. The third-order valence-electron chi connectivity index (χ3n) is 15.0. The smallest absolute Gasteiger partial charge is 0.137 e. The van der Waals surface area contributed by atoms with Crippen molar-refractivity contribution >= 4 is 55.9 Å². The third-order valence-corrected chi connectivity index (χ3v) is 15.0. The molecule has 4 heteroatoms. The molecule has 0 aliphatic heterocycles. The van der Waals surface area contributed by atoms with Gasteiger partial charge in [-0.2, -0.15) is 0 Å². The average Bonchev–Trinajstić information content (AvgIpc) is 3.42. The Hall–Kier alpha value is -8.60. The number of aromatic nitrogens is 2. The van der Waals surface area contributed by atoms with Crippen molar-refractivity contribution in [3.05, 3.63) is 251 Å². The standard InChI is InChI=1S/C68H58N4/c1-43-39-44(2)48(6)67(47(43)5)71(63-23-15-17-37-69-63)57-33-35-59-61(41-57)65(55-29-25-53(26-30-55)51-19-11-9-12-20-51)60-36-34-58(42-62(60)66(59)56-31-27-54(28-32-56)52-21-13-10-14-22-52)72(64-24-16-18-38-70-64)68-49(7)45(3)40-46(4)50(68)8/h9-42H,1-8H3. The maximum Gasteiger partial charge on any atom is 0.137 e. The van der Waals surface area contributed by atoms with E-state index in [4.69, 9.17) is 9.97 Å². The summed E-state index contributed by atoms with van der Waals surface area (Å²) in [5.74, 6) is 1.74. The SMILES string of the molecule is Cc1cc(C)c(C)c(N(c2ccc3c(-c4ccc(-c5ccccc5)cc4)c4cc(N(c5ccccn5)c5c(C)c(C)cc(C)c5C)ccc4c(-c4ccc(-c5ccccc5)cc4)c3c2)c2ccccn2)c1C. The summed E-state index contributed by atoms with van der Waals surface area (Å²) in [7, 11) is 0. The van der Waals surface area contributed by atoms with Gasteiger partial charge < -0.3 is 0 Å². The monoisotopic (exact) mass is 930 g/mol. The fourth-order valence-corrected chi connectivity index (χ4v) is 10.8. The van der Waals surface area contributed by atoms with E-state index in [1.807, 2.05) is 24.5 Å². The molecular formula is C68H58N4. The van der Waals surface area contributed by atoms with Crippen LogP contribution in [0, 0.1) is 55.4 Å². The lowest BCUT2D eigenvalue weighted by Crippen LogP contribution is -2.15. The predicted molar refractivity (Wildman–Crippen MR) is 306 cm³/mol. The number of hydrogen-bond acceptors (Lipinski definition) is 4. The molecule has 0 radical (unpaired) electrons. The van der Waals surface area contributed by atoms with Gasteiger partial charge in [-0.05, 0) is 214 Å². The molecule has 0 saturated carbocycles. The lowest BCUT2D eigenvalue weighted by Gasteiger charge is -2.31. The molecule has 0 aliphatic carbocycles. The Bertz CT molecular complexity index is 3480. The van der Waals surface area contributed by atoms with Gasteiger partial charge in [0.1, 0.15) is 11.6 Å². The van der Waals surface area contributed by atoms with Crippen molar-refractivity contribution in [2.75, 3.05) is 9.80 Å². The molecule has 2 aromatic heterocycles. The quantitative estimate of drug-likeness (QED) is 0.128. The summed E-state index contributed by atoms with van der Waals surface area (Å²) in [4.78, 5) is 14.8. The van der Waals surface area contributed by atoms with Gasteiger partial charge in [0.25, 0.3) is 0 Å². The minimum atomic E-state index is 0.871. The van der Waals surface area contributed by atoms with E-state index in [1.165, 1.54) is 77.9 Å². The average molecular weight is 931 g/mol. The number of aryl methyl sites for hydroxylation is 4. The van der Waals surface area contributed by atoms with Crippen LogP contribution < -0.4 is 9.80 Å². The summed E-state index contributed by atoms with van der Waals surface area (Å²) in [5, 5.41) is 4.64. The van der Waals surface area contributed by atoms with Gasteiger partial charge in [-0.15, -0.1) is 0 Å². The second-order valence-electron chi connectivity index (χ2n) is 19.4. The van der Waals surface area contributed by atoms with E-state index in [2.05, 4.69) is 247 Å². The van der Waals surface area contributed by atoms with Crippen LogP contribution in [0.1, 0.15) is 44.5 Å². The molecule has 0 bridgehead atoms. The molecule has 0 fully saturated rings. The molecular weight excluding hydrogens is 873 g/mol. The number of rotatable bonds is 10. The van der Waals surface area contributed by atoms with E-state index in [9.17, 15) is 0 Å². The van der Waals surface area contributed by atoms with Crippen LogP contribution in [-0.4, -0.2) is 9.97 Å². The van der Waals surface area contributed by atoms with Crippen molar-refractivity contribution in [2.45, 2.75) is 55.4 Å². The summed E-state index contributed by atoms with van der Waals surface area (Å²) in [6, 6.07) is 70.8. The van der Waals surface area contributed by atoms with Crippen molar-refractivity contribution in [3.63, 3.8) is 0 Å². The maximum atomic E-state index is 5.04. The van der Waals surface area contributed by atoms with Crippen LogP contribution in [0.4, 0.5) is 34.4 Å². The molecule has 11 aromatic rings. The van der Waals surface area contributed by atoms with E-state index >= 15 is 0 Å². The van der Waals surface area contributed by atoms with Crippen molar-refractivity contribution in [1.82, 2.24) is 9.97 Å². The first-order chi connectivity index (χ1) is 35.0. The molecule has 0 spiro atoms. The molecule has 350 valence electrons. The van der Waals surface area contributed by atoms with Gasteiger partial charge >= 0.3 is 0 Å². The normalized spacial score (nSPS) is 11.3. The molecule has 11 rings (SSSR count). The van der Waals surface area contributed by atoms with Crippen molar-refractivity contribution in [3.8, 4) is 44.5 Å². The van der Waals surface area contributed by atoms with E-state index in [0.717, 1.165) is 67.1 Å². The fraction of sp³-hybridized carbons (Fsp3) is 0.118. The Kier molecular flexibility index (Phi) is 12.1. The Morgan fingerprint density at radius 3 is 0.931 bits per heavy atom. The summed E-state index contributed by atoms with van der Waals surface area (Å²) in [6.45, 7) is 17.8. The maximum absolute atomic E-state index is 5.04. The van der Waals surface area contributed by atoms with Gasteiger partial charge in [0, 0.05) is 23.8 Å². The van der Waals surface area contributed by atoms with E-state index in [0.29, 0.717) is 0 Å². The van der Waals surface area contributed by atoms with Gasteiger partial charge in [0.2, 0.25) is 0 Å². The molecule has 0 unspecified atom stereocenters. The molecule has 0 saturated heterocycles. The van der Waals surface area contributed by atoms with Crippen molar-refractivity contribution in [2.24, 2.45) is 0 Å². The molecule has 0 atom stereocenters. The van der Waals surface area contributed by atoms with Crippen LogP contribution >= 0.6 is 0 Å². The van der Waals surface area contributed by atoms with Crippen LogP contribution in [0.2, 0.25) is 0 Å². The summed E-state index contributed by atoms with van der Waals surface area (Å²) < 4.78 is 0. The highest BCUT2D eigenvalue weighted by atomic mass is 15.2. The van der Waals surface area contributed by atoms with Gasteiger partial charge in [0.05, 0.1) is 11.4 Å². The Labute approximate surface area is 424 Å². The number of hydrogen-bond donors (Lipinski definition) is 0. The fourth-order valence-electron chi connectivity index (χ4n) is 10.8. The van der Waals surface area contributed by atoms with Crippen LogP contribution in [0.3, 0.4) is 0 Å². The van der Waals surface area contributed by atoms with Crippen LogP contribution in [0.25, 0.3) is 66.1 Å². The largest absolute Gasteiger partial charge is 0.294 e. The van der Waals surface area contributed by atoms with Gasteiger partial charge in [-0.25, -0.2) is 9.97 Å². The Morgan fingerprint density at radius 1 is 0.278 bits per heavy atom.